The van der Waals surface area contributed by atoms with E-state index in [9.17, 15) is 4.79 Å². The summed E-state index contributed by atoms with van der Waals surface area (Å²) in [5.74, 6) is 0.526. The molecular formula is C10H15N3O2S. The number of hydrogen-bond acceptors (Lipinski definition) is 6. The van der Waals surface area contributed by atoms with E-state index in [0.29, 0.717) is 19.6 Å². The molecule has 0 unspecified atom stereocenters. The topological polar surface area (TPSA) is 64.1 Å². The van der Waals surface area contributed by atoms with Crippen molar-refractivity contribution in [2.24, 2.45) is 0 Å². The Morgan fingerprint density at radius 2 is 2.38 bits per heavy atom. The van der Waals surface area contributed by atoms with E-state index in [1.807, 2.05) is 12.3 Å². The highest BCUT2D eigenvalue weighted by molar-refractivity contribution is 7.98. The fourth-order valence-electron chi connectivity index (χ4n) is 1.07. The molecule has 1 N–H and O–H groups in total. The van der Waals surface area contributed by atoms with Gasteiger partial charge in [0.2, 0.25) is 0 Å². The van der Waals surface area contributed by atoms with Crippen LogP contribution in [0.3, 0.4) is 0 Å². The zero-order valence-electron chi connectivity index (χ0n) is 9.40. The summed E-state index contributed by atoms with van der Waals surface area (Å²) in [7, 11) is 0. The van der Waals surface area contributed by atoms with E-state index in [1.54, 1.807) is 18.7 Å². The van der Waals surface area contributed by atoms with Crippen molar-refractivity contribution in [2.75, 3.05) is 24.7 Å². The first-order valence-electron chi connectivity index (χ1n) is 5.01. The van der Waals surface area contributed by atoms with Crippen molar-refractivity contribution in [2.45, 2.75) is 18.4 Å². The van der Waals surface area contributed by atoms with Gasteiger partial charge in [0.25, 0.3) is 0 Å². The highest BCUT2D eigenvalue weighted by Crippen LogP contribution is 2.13. The maximum atomic E-state index is 11.1. The minimum atomic E-state index is -0.200. The van der Waals surface area contributed by atoms with E-state index < -0.39 is 0 Å². The molecule has 0 aliphatic heterocycles. The Kier molecular flexibility index (Phi) is 5.63. The fourth-order valence-corrected chi connectivity index (χ4v) is 1.46. The van der Waals surface area contributed by atoms with Crippen LogP contribution in [0.5, 0.6) is 0 Å². The molecule has 1 aromatic rings. The van der Waals surface area contributed by atoms with Gasteiger partial charge in [0.15, 0.2) is 0 Å². The van der Waals surface area contributed by atoms with Crippen LogP contribution in [0.15, 0.2) is 17.4 Å². The molecule has 0 atom stereocenters. The number of anilines is 1. The summed E-state index contributed by atoms with van der Waals surface area (Å²) in [5, 5.41) is 3.94. The molecule has 16 heavy (non-hydrogen) atoms. The third-order valence-electron chi connectivity index (χ3n) is 1.79. The van der Waals surface area contributed by atoms with Gasteiger partial charge in [0, 0.05) is 12.6 Å². The highest BCUT2D eigenvalue weighted by atomic mass is 32.2. The third-order valence-corrected chi connectivity index (χ3v) is 2.43. The molecule has 0 spiro atoms. The summed E-state index contributed by atoms with van der Waals surface area (Å²) < 4.78 is 4.81. The second kappa shape index (κ2) is 7.05. The van der Waals surface area contributed by atoms with Crippen LogP contribution in [0, 0.1) is 0 Å². The zero-order valence-corrected chi connectivity index (χ0v) is 10.2. The summed E-state index contributed by atoms with van der Waals surface area (Å²) >= 11 is 1.55. The summed E-state index contributed by atoms with van der Waals surface area (Å²) in [6.45, 7) is 2.73. The first-order valence-corrected chi connectivity index (χ1v) is 6.24. The van der Waals surface area contributed by atoms with Crippen LogP contribution in [0.4, 0.5) is 5.82 Å². The van der Waals surface area contributed by atoms with Crippen molar-refractivity contribution < 1.29 is 9.53 Å². The van der Waals surface area contributed by atoms with Gasteiger partial charge in [-0.05, 0) is 13.2 Å². The number of esters is 1. The van der Waals surface area contributed by atoms with Gasteiger partial charge in [-0.3, -0.25) is 4.79 Å². The number of aromatic nitrogens is 2. The van der Waals surface area contributed by atoms with Crippen LogP contribution >= 0.6 is 11.8 Å². The largest absolute Gasteiger partial charge is 0.466 e. The number of nitrogens with zero attached hydrogens (tertiary/aromatic N) is 2. The Labute approximate surface area is 99.0 Å². The van der Waals surface area contributed by atoms with Gasteiger partial charge in [-0.25, -0.2) is 9.97 Å². The van der Waals surface area contributed by atoms with Crippen molar-refractivity contribution in [3.05, 3.63) is 12.4 Å². The molecular weight excluding hydrogens is 226 g/mol. The normalized spacial score (nSPS) is 9.88. The molecule has 88 valence electrons. The lowest BCUT2D eigenvalue weighted by Gasteiger charge is -2.05. The molecule has 0 fully saturated rings. The molecule has 0 aliphatic carbocycles. The highest BCUT2D eigenvalue weighted by Gasteiger charge is 2.02. The van der Waals surface area contributed by atoms with Gasteiger partial charge < -0.3 is 10.1 Å². The molecule has 0 bridgehead atoms. The van der Waals surface area contributed by atoms with Gasteiger partial charge in [-0.2, -0.15) is 0 Å². The van der Waals surface area contributed by atoms with Crippen molar-refractivity contribution >= 4 is 23.5 Å². The molecule has 0 radical (unpaired) electrons. The summed E-state index contributed by atoms with van der Waals surface area (Å²) in [6, 6.07) is 1.84. The molecule has 0 amide bonds. The van der Waals surface area contributed by atoms with Crippen LogP contribution in [0.1, 0.15) is 13.3 Å². The Morgan fingerprint density at radius 1 is 1.56 bits per heavy atom. The molecule has 1 rings (SSSR count). The van der Waals surface area contributed by atoms with Crippen LogP contribution in [-0.2, 0) is 9.53 Å². The Bertz CT molecular complexity index is 347. The van der Waals surface area contributed by atoms with Crippen LogP contribution < -0.4 is 5.32 Å². The van der Waals surface area contributed by atoms with Gasteiger partial charge in [-0.15, -0.1) is 11.8 Å². The van der Waals surface area contributed by atoms with Crippen molar-refractivity contribution in [1.82, 2.24) is 9.97 Å². The van der Waals surface area contributed by atoms with Gasteiger partial charge >= 0.3 is 5.97 Å². The SMILES string of the molecule is CCOC(=O)CCNc1cc(SC)ncn1. The van der Waals surface area contributed by atoms with E-state index in [1.165, 1.54) is 6.33 Å². The number of hydrogen-bond donors (Lipinski definition) is 1. The summed E-state index contributed by atoms with van der Waals surface area (Å²) in [5.41, 5.74) is 0. The Balaban J connectivity index is 2.34. The van der Waals surface area contributed by atoms with Crippen molar-refractivity contribution in [3.8, 4) is 0 Å². The van der Waals surface area contributed by atoms with E-state index in [0.717, 1.165) is 10.8 Å². The fraction of sp³-hybridized carbons (Fsp3) is 0.500. The molecule has 5 nitrogen and oxygen atoms in total. The van der Waals surface area contributed by atoms with E-state index in [-0.39, 0.29) is 5.97 Å². The zero-order chi connectivity index (χ0) is 11.8. The van der Waals surface area contributed by atoms with Crippen LogP contribution in [0.2, 0.25) is 0 Å². The van der Waals surface area contributed by atoms with Crippen LogP contribution in [-0.4, -0.2) is 35.3 Å². The smallest absolute Gasteiger partial charge is 0.307 e. The molecule has 0 aliphatic rings. The predicted molar refractivity (Wildman–Crippen MR) is 63.6 cm³/mol. The number of carbonyl (C=O) groups is 1. The van der Waals surface area contributed by atoms with E-state index in [2.05, 4.69) is 15.3 Å². The standard InChI is InChI=1S/C10H15N3O2S/c1-3-15-10(14)4-5-11-8-6-9(16-2)13-7-12-8/h6-7H,3-5H2,1-2H3,(H,11,12,13). The third kappa shape index (κ3) is 4.48. The monoisotopic (exact) mass is 241 g/mol. The number of nitrogens with one attached hydrogen (secondary N) is 1. The Morgan fingerprint density at radius 3 is 3.06 bits per heavy atom. The summed E-state index contributed by atoms with van der Waals surface area (Å²) in [4.78, 5) is 19.2. The lowest BCUT2D eigenvalue weighted by atomic mass is 10.4. The molecule has 1 heterocycles. The molecule has 0 saturated carbocycles. The number of carbonyl (C=O) groups excluding carboxylic acids is 1. The average Bonchev–Trinajstić information content (AvgIpc) is 2.30. The first-order chi connectivity index (χ1) is 7.76. The molecule has 0 aromatic carbocycles. The average molecular weight is 241 g/mol. The van der Waals surface area contributed by atoms with Gasteiger partial charge in [0.05, 0.1) is 13.0 Å². The lowest BCUT2D eigenvalue weighted by Crippen LogP contribution is -2.12. The van der Waals surface area contributed by atoms with E-state index >= 15 is 0 Å². The number of thioether (sulfide) groups is 1. The number of ether oxygens (including phenoxy) is 1. The lowest BCUT2D eigenvalue weighted by molar-refractivity contribution is -0.142. The first kappa shape index (κ1) is 12.8. The second-order valence-electron chi connectivity index (χ2n) is 2.93. The number of rotatable bonds is 6. The minimum absolute atomic E-state index is 0.200. The van der Waals surface area contributed by atoms with Crippen LogP contribution in [0.25, 0.3) is 0 Å². The molecule has 0 saturated heterocycles. The minimum Gasteiger partial charge on any atom is -0.466 e. The van der Waals surface area contributed by atoms with Gasteiger partial charge in [-0.1, -0.05) is 0 Å². The maximum Gasteiger partial charge on any atom is 0.307 e. The molecule has 1 aromatic heterocycles. The second-order valence-corrected chi connectivity index (χ2v) is 3.75. The van der Waals surface area contributed by atoms with Crippen molar-refractivity contribution in [1.29, 1.82) is 0 Å². The molecule has 6 heteroatoms. The predicted octanol–water partition coefficient (Wildman–Crippen LogP) is 1.56. The van der Waals surface area contributed by atoms with Gasteiger partial charge in [0.1, 0.15) is 17.2 Å². The van der Waals surface area contributed by atoms with E-state index in [4.69, 9.17) is 4.74 Å². The summed E-state index contributed by atoms with van der Waals surface area (Å²) in [6.07, 6.45) is 3.79. The quantitative estimate of drug-likeness (QED) is 0.463. The van der Waals surface area contributed by atoms with Crippen molar-refractivity contribution in [3.63, 3.8) is 0 Å². The Hall–Kier alpha value is -1.30. The maximum absolute atomic E-state index is 11.1.